The van der Waals surface area contributed by atoms with Gasteiger partial charge < -0.3 is 20.9 Å². The number of halogens is 3. The van der Waals surface area contributed by atoms with Crippen LogP contribution in [-0.4, -0.2) is 49.5 Å². The number of hydrogen-bond acceptors (Lipinski definition) is 3. The molecule has 0 radical (unpaired) electrons. The predicted molar refractivity (Wildman–Crippen MR) is 115 cm³/mol. The first-order chi connectivity index (χ1) is 14.8. The first kappa shape index (κ1) is 22.5. The Morgan fingerprint density at radius 2 is 1.81 bits per heavy atom. The highest BCUT2D eigenvalue weighted by Gasteiger charge is 2.31. The highest BCUT2D eigenvalue weighted by atomic mass is 19.4. The van der Waals surface area contributed by atoms with Crippen molar-refractivity contribution in [1.82, 2.24) is 10.2 Å². The molecule has 0 aliphatic carbocycles. The molecular formula is C22H26F3N5O. The van der Waals surface area contributed by atoms with Crippen LogP contribution in [0.25, 0.3) is 0 Å². The van der Waals surface area contributed by atoms with Crippen molar-refractivity contribution < 1.29 is 18.0 Å². The number of alkyl halides is 3. The molecule has 2 aromatic carbocycles. The molecule has 0 aromatic heterocycles. The summed E-state index contributed by atoms with van der Waals surface area (Å²) in [5.74, 6) is 0.249. The van der Waals surface area contributed by atoms with E-state index in [-0.39, 0.29) is 0 Å². The van der Waals surface area contributed by atoms with E-state index in [1.807, 2.05) is 17.9 Å². The number of hydrogen-bond donors (Lipinski definition) is 2. The van der Waals surface area contributed by atoms with Gasteiger partial charge in [0.2, 0.25) is 5.91 Å². The Hall–Kier alpha value is -3.23. The Labute approximate surface area is 179 Å². The third kappa shape index (κ3) is 5.90. The van der Waals surface area contributed by atoms with Gasteiger partial charge in [0.25, 0.3) is 0 Å². The summed E-state index contributed by atoms with van der Waals surface area (Å²) in [4.78, 5) is 20.1. The van der Waals surface area contributed by atoms with Crippen molar-refractivity contribution in [3.8, 4) is 0 Å². The molecule has 3 rings (SSSR count). The lowest BCUT2D eigenvalue weighted by molar-refractivity contribution is -0.137. The van der Waals surface area contributed by atoms with Crippen LogP contribution >= 0.6 is 0 Å². The van der Waals surface area contributed by atoms with E-state index in [9.17, 15) is 18.0 Å². The first-order valence-corrected chi connectivity index (χ1v) is 10.1. The smallest absolute Gasteiger partial charge is 0.368 e. The highest BCUT2D eigenvalue weighted by Crippen LogP contribution is 2.31. The van der Waals surface area contributed by atoms with Crippen LogP contribution in [0.15, 0.2) is 53.5 Å². The van der Waals surface area contributed by atoms with Crippen molar-refractivity contribution in [2.45, 2.75) is 19.6 Å². The topological polar surface area (TPSA) is 74.0 Å². The number of piperazine rings is 1. The van der Waals surface area contributed by atoms with E-state index < -0.39 is 17.6 Å². The number of aliphatic imine (C=N–C) groups is 1. The van der Waals surface area contributed by atoms with Crippen molar-refractivity contribution in [3.05, 3.63) is 65.2 Å². The molecule has 1 aliphatic heterocycles. The number of nitrogens with zero attached hydrogens (tertiary/aromatic N) is 3. The van der Waals surface area contributed by atoms with E-state index in [4.69, 9.17) is 5.73 Å². The molecule has 2 aromatic rings. The van der Waals surface area contributed by atoms with Crippen molar-refractivity contribution >= 4 is 17.6 Å². The van der Waals surface area contributed by atoms with Crippen LogP contribution in [0.1, 0.15) is 28.4 Å². The molecule has 6 nitrogen and oxygen atoms in total. The van der Waals surface area contributed by atoms with Crippen LogP contribution < -0.4 is 16.0 Å². The van der Waals surface area contributed by atoms with Crippen LogP contribution in [0.2, 0.25) is 0 Å². The fraction of sp³-hybridized carbons (Fsp3) is 0.364. The van der Waals surface area contributed by atoms with Gasteiger partial charge in [-0.05, 0) is 42.8 Å². The number of carbonyl (C=O) groups excluding carboxylic acids is 1. The summed E-state index contributed by atoms with van der Waals surface area (Å²) >= 11 is 0. The van der Waals surface area contributed by atoms with Gasteiger partial charge in [0.15, 0.2) is 5.96 Å². The largest absolute Gasteiger partial charge is 0.416 e. The summed E-state index contributed by atoms with van der Waals surface area (Å²) in [5, 5.41) is 3.26. The molecular weight excluding hydrogens is 407 g/mol. The van der Waals surface area contributed by atoms with E-state index >= 15 is 0 Å². The molecule has 1 aliphatic rings. The van der Waals surface area contributed by atoms with Gasteiger partial charge in [-0.25, -0.2) is 4.99 Å². The average molecular weight is 433 g/mol. The third-order valence-corrected chi connectivity index (χ3v) is 5.08. The van der Waals surface area contributed by atoms with Gasteiger partial charge in [-0.3, -0.25) is 4.79 Å². The maximum Gasteiger partial charge on any atom is 0.416 e. The average Bonchev–Trinajstić information content (AvgIpc) is 2.76. The van der Waals surface area contributed by atoms with E-state index in [0.29, 0.717) is 50.5 Å². The van der Waals surface area contributed by atoms with Crippen LogP contribution in [0.3, 0.4) is 0 Å². The Morgan fingerprint density at radius 3 is 2.45 bits per heavy atom. The second-order valence-corrected chi connectivity index (χ2v) is 7.26. The van der Waals surface area contributed by atoms with Crippen molar-refractivity contribution in [3.63, 3.8) is 0 Å². The monoisotopic (exact) mass is 433 g/mol. The van der Waals surface area contributed by atoms with Crippen LogP contribution in [0.4, 0.5) is 18.9 Å². The second-order valence-electron chi connectivity index (χ2n) is 7.26. The summed E-state index contributed by atoms with van der Waals surface area (Å²) in [5.41, 5.74) is 6.57. The Bertz CT molecular complexity index is 937. The molecule has 166 valence electrons. The Kier molecular flexibility index (Phi) is 7.04. The number of amides is 1. The summed E-state index contributed by atoms with van der Waals surface area (Å²) in [6.45, 7) is 5.48. The molecule has 1 fully saturated rings. The maximum atomic E-state index is 13.0. The summed E-state index contributed by atoms with van der Waals surface area (Å²) < 4.78 is 39.0. The number of rotatable bonds is 5. The van der Waals surface area contributed by atoms with Crippen LogP contribution in [0.5, 0.6) is 0 Å². The molecule has 31 heavy (non-hydrogen) atoms. The van der Waals surface area contributed by atoms with Gasteiger partial charge in [-0.2, -0.15) is 13.2 Å². The number of nitrogens with one attached hydrogen (secondary N) is 1. The normalized spacial score (nSPS) is 15.2. The Morgan fingerprint density at radius 1 is 1.10 bits per heavy atom. The number of carbonyl (C=O) groups is 1. The van der Waals surface area contributed by atoms with Gasteiger partial charge in [0, 0.05) is 44.0 Å². The maximum absolute atomic E-state index is 13.0. The fourth-order valence-electron chi connectivity index (χ4n) is 3.47. The summed E-state index contributed by atoms with van der Waals surface area (Å²) in [6.07, 6.45) is -4.35. The lowest BCUT2D eigenvalue weighted by Crippen LogP contribution is -2.52. The number of guanidine groups is 1. The molecule has 0 unspecified atom stereocenters. The van der Waals surface area contributed by atoms with Crippen LogP contribution in [0, 0.1) is 0 Å². The summed E-state index contributed by atoms with van der Waals surface area (Å²) in [7, 11) is 0. The fourth-order valence-corrected chi connectivity index (χ4v) is 3.47. The van der Waals surface area contributed by atoms with Crippen molar-refractivity contribution in [2.75, 3.05) is 37.6 Å². The SMILES string of the molecule is CCNC(=NCc1cccc(C(N)=O)c1)N1CCN(c2cccc(C(F)(F)F)c2)CC1. The third-order valence-electron chi connectivity index (χ3n) is 5.08. The molecule has 0 bridgehead atoms. The van der Waals surface area contributed by atoms with E-state index in [1.54, 1.807) is 24.3 Å². The zero-order valence-electron chi connectivity index (χ0n) is 17.3. The number of primary amides is 1. The first-order valence-electron chi connectivity index (χ1n) is 10.1. The van der Waals surface area contributed by atoms with Gasteiger partial charge in [0.05, 0.1) is 12.1 Å². The van der Waals surface area contributed by atoms with Gasteiger partial charge >= 0.3 is 6.18 Å². The molecule has 1 amide bonds. The second kappa shape index (κ2) is 9.72. The van der Waals surface area contributed by atoms with Crippen molar-refractivity contribution in [2.24, 2.45) is 10.7 Å². The molecule has 1 heterocycles. The zero-order valence-corrected chi connectivity index (χ0v) is 17.3. The minimum atomic E-state index is -4.35. The van der Waals surface area contributed by atoms with E-state index in [0.717, 1.165) is 17.6 Å². The predicted octanol–water partition coefficient (Wildman–Crippen LogP) is 3.09. The van der Waals surface area contributed by atoms with E-state index in [2.05, 4.69) is 15.2 Å². The number of benzene rings is 2. The molecule has 1 saturated heterocycles. The molecule has 3 N–H and O–H groups in total. The number of anilines is 1. The minimum absolute atomic E-state index is 0.386. The lowest BCUT2D eigenvalue weighted by Gasteiger charge is -2.38. The zero-order chi connectivity index (χ0) is 22.4. The highest BCUT2D eigenvalue weighted by molar-refractivity contribution is 5.92. The molecule has 0 spiro atoms. The van der Waals surface area contributed by atoms with E-state index in [1.165, 1.54) is 12.1 Å². The lowest BCUT2D eigenvalue weighted by atomic mass is 10.1. The quantitative estimate of drug-likeness (QED) is 0.562. The van der Waals surface area contributed by atoms with Crippen LogP contribution in [-0.2, 0) is 12.7 Å². The molecule has 9 heteroatoms. The molecule has 0 atom stereocenters. The standard InChI is InChI=1S/C22H26F3N5O/c1-2-27-21(28-15-16-5-3-6-17(13-16)20(26)31)30-11-9-29(10-12-30)19-8-4-7-18(14-19)22(23,24)25/h3-8,13-14H,2,9-12,15H2,1H3,(H2,26,31)(H,27,28). The van der Waals surface area contributed by atoms with Crippen molar-refractivity contribution in [1.29, 1.82) is 0 Å². The number of nitrogens with two attached hydrogens (primary N) is 1. The molecule has 0 saturated carbocycles. The van der Waals surface area contributed by atoms with Gasteiger partial charge in [-0.15, -0.1) is 0 Å². The minimum Gasteiger partial charge on any atom is -0.368 e. The Balaban J connectivity index is 1.66. The summed E-state index contributed by atoms with van der Waals surface area (Å²) in [6, 6.07) is 12.5. The van der Waals surface area contributed by atoms with Gasteiger partial charge in [0.1, 0.15) is 0 Å². The van der Waals surface area contributed by atoms with Gasteiger partial charge in [-0.1, -0.05) is 18.2 Å².